The number of rotatable bonds is 6. The monoisotopic (exact) mass is 278 g/mol. The summed E-state index contributed by atoms with van der Waals surface area (Å²) < 4.78 is 2.05. The highest BCUT2D eigenvalue weighted by atomic mass is 15.3. The number of aromatic nitrogens is 2. The summed E-state index contributed by atoms with van der Waals surface area (Å²) in [5.41, 5.74) is 7.99. The van der Waals surface area contributed by atoms with Gasteiger partial charge in [0.1, 0.15) is 5.82 Å². The van der Waals surface area contributed by atoms with E-state index in [-0.39, 0.29) is 0 Å². The second kappa shape index (κ2) is 7.00. The summed E-state index contributed by atoms with van der Waals surface area (Å²) >= 11 is 0. The Bertz CT molecular complexity index is 418. The SMILES string of the molecule is CCCn1nc(C)c(N)c1NC(CC)C1CCCCC1. The van der Waals surface area contributed by atoms with Gasteiger partial charge in [-0.25, -0.2) is 4.68 Å². The van der Waals surface area contributed by atoms with Crippen LogP contribution in [-0.4, -0.2) is 15.8 Å². The van der Waals surface area contributed by atoms with Gasteiger partial charge in [0.25, 0.3) is 0 Å². The summed E-state index contributed by atoms with van der Waals surface area (Å²) in [5.74, 6) is 1.83. The molecule has 0 radical (unpaired) electrons. The van der Waals surface area contributed by atoms with Gasteiger partial charge >= 0.3 is 0 Å². The van der Waals surface area contributed by atoms with Crippen LogP contribution in [0.5, 0.6) is 0 Å². The van der Waals surface area contributed by atoms with Crippen molar-refractivity contribution >= 4 is 11.5 Å². The first-order valence-electron chi connectivity index (χ1n) is 8.26. The Kier molecular flexibility index (Phi) is 5.32. The summed E-state index contributed by atoms with van der Waals surface area (Å²) in [6, 6.07) is 0.532. The largest absolute Gasteiger partial charge is 0.394 e. The molecule has 2 rings (SSSR count). The van der Waals surface area contributed by atoms with Gasteiger partial charge in [0.2, 0.25) is 0 Å². The van der Waals surface area contributed by atoms with Gasteiger partial charge in [0.15, 0.2) is 0 Å². The fraction of sp³-hybridized carbons (Fsp3) is 0.812. The van der Waals surface area contributed by atoms with E-state index < -0.39 is 0 Å². The molecule has 0 bridgehead atoms. The second-order valence-corrected chi connectivity index (χ2v) is 6.13. The lowest BCUT2D eigenvalue weighted by Crippen LogP contribution is -2.31. The van der Waals surface area contributed by atoms with Crippen LogP contribution in [0.25, 0.3) is 0 Å². The van der Waals surface area contributed by atoms with Gasteiger partial charge < -0.3 is 11.1 Å². The van der Waals surface area contributed by atoms with Gasteiger partial charge in [-0.15, -0.1) is 0 Å². The van der Waals surface area contributed by atoms with E-state index in [4.69, 9.17) is 5.73 Å². The van der Waals surface area contributed by atoms with E-state index in [9.17, 15) is 0 Å². The standard InChI is InChI=1S/C16H30N4/c1-4-11-20-16(15(17)12(3)19-20)18-14(5-2)13-9-7-6-8-10-13/h13-14,18H,4-11,17H2,1-3H3. The van der Waals surface area contributed by atoms with Crippen LogP contribution >= 0.6 is 0 Å². The number of anilines is 2. The molecule has 0 aromatic carbocycles. The van der Waals surface area contributed by atoms with Crippen molar-refractivity contribution in [2.24, 2.45) is 5.92 Å². The maximum Gasteiger partial charge on any atom is 0.148 e. The molecule has 0 aliphatic heterocycles. The maximum atomic E-state index is 6.22. The van der Waals surface area contributed by atoms with Crippen molar-refractivity contribution in [3.8, 4) is 0 Å². The Morgan fingerprint density at radius 3 is 2.60 bits per heavy atom. The molecule has 0 amide bonds. The van der Waals surface area contributed by atoms with Gasteiger partial charge in [-0.2, -0.15) is 5.10 Å². The number of nitrogen functional groups attached to an aromatic ring is 1. The normalized spacial score (nSPS) is 18.1. The lowest BCUT2D eigenvalue weighted by atomic mass is 9.83. The number of nitrogens with two attached hydrogens (primary N) is 1. The predicted octanol–water partition coefficient (Wildman–Crippen LogP) is 3.95. The van der Waals surface area contributed by atoms with Crippen molar-refractivity contribution in [2.75, 3.05) is 11.1 Å². The zero-order valence-corrected chi connectivity index (χ0v) is 13.3. The Hall–Kier alpha value is -1.19. The Balaban J connectivity index is 2.13. The first-order chi connectivity index (χ1) is 9.67. The molecule has 1 unspecified atom stereocenters. The minimum absolute atomic E-state index is 0.532. The van der Waals surface area contributed by atoms with Crippen molar-refractivity contribution in [3.05, 3.63) is 5.69 Å². The van der Waals surface area contributed by atoms with Crippen molar-refractivity contribution < 1.29 is 0 Å². The van der Waals surface area contributed by atoms with Crippen molar-refractivity contribution in [1.29, 1.82) is 0 Å². The number of nitrogens with zero attached hydrogens (tertiary/aromatic N) is 2. The number of nitrogens with one attached hydrogen (secondary N) is 1. The Morgan fingerprint density at radius 2 is 2.00 bits per heavy atom. The summed E-state index contributed by atoms with van der Waals surface area (Å²) in [6.07, 6.45) is 9.10. The lowest BCUT2D eigenvalue weighted by Gasteiger charge is -2.31. The van der Waals surface area contributed by atoms with E-state index in [1.807, 2.05) is 6.92 Å². The fourth-order valence-electron chi connectivity index (χ4n) is 3.39. The van der Waals surface area contributed by atoms with E-state index in [1.54, 1.807) is 0 Å². The van der Waals surface area contributed by atoms with Crippen LogP contribution in [0.4, 0.5) is 11.5 Å². The second-order valence-electron chi connectivity index (χ2n) is 6.13. The molecule has 1 fully saturated rings. The van der Waals surface area contributed by atoms with E-state index in [0.29, 0.717) is 6.04 Å². The first kappa shape index (κ1) is 15.2. The smallest absolute Gasteiger partial charge is 0.148 e. The van der Waals surface area contributed by atoms with E-state index in [1.165, 1.54) is 32.1 Å². The number of aryl methyl sites for hydroxylation is 2. The minimum Gasteiger partial charge on any atom is -0.394 e. The summed E-state index contributed by atoms with van der Waals surface area (Å²) in [5, 5.41) is 8.28. The third kappa shape index (κ3) is 3.28. The van der Waals surface area contributed by atoms with Gasteiger partial charge in [0.05, 0.1) is 11.4 Å². The molecule has 4 nitrogen and oxygen atoms in total. The zero-order valence-electron chi connectivity index (χ0n) is 13.3. The fourth-order valence-corrected chi connectivity index (χ4v) is 3.39. The van der Waals surface area contributed by atoms with Crippen molar-refractivity contribution in [2.45, 2.75) is 78.3 Å². The van der Waals surface area contributed by atoms with Gasteiger partial charge in [-0.3, -0.25) is 0 Å². The summed E-state index contributed by atoms with van der Waals surface area (Å²) in [7, 11) is 0. The Labute approximate surface area is 123 Å². The maximum absolute atomic E-state index is 6.22. The predicted molar refractivity (Wildman–Crippen MR) is 85.9 cm³/mol. The minimum atomic E-state index is 0.532. The van der Waals surface area contributed by atoms with Crippen LogP contribution in [0.3, 0.4) is 0 Å². The molecular formula is C16H30N4. The quantitative estimate of drug-likeness (QED) is 0.828. The zero-order chi connectivity index (χ0) is 14.5. The molecule has 1 aromatic rings. The number of hydrogen-bond donors (Lipinski definition) is 2. The molecule has 1 aliphatic carbocycles. The van der Waals surface area contributed by atoms with Crippen LogP contribution in [-0.2, 0) is 6.54 Å². The van der Waals surface area contributed by atoms with Crippen LogP contribution in [0.15, 0.2) is 0 Å². The molecule has 1 aromatic heterocycles. The van der Waals surface area contributed by atoms with E-state index >= 15 is 0 Å². The summed E-state index contributed by atoms with van der Waals surface area (Å²) in [6.45, 7) is 7.38. The molecule has 1 atom stereocenters. The average Bonchev–Trinajstić information content (AvgIpc) is 2.73. The van der Waals surface area contributed by atoms with Gasteiger partial charge in [0, 0.05) is 12.6 Å². The molecule has 0 spiro atoms. The van der Waals surface area contributed by atoms with Gasteiger partial charge in [-0.05, 0) is 38.5 Å². The van der Waals surface area contributed by atoms with Crippen LogP contribution < -0.4 is 11.1 Å². The molecule has 1 aliphatic rings. The van der Waals surface area contributed by atoms with Crippen LogP contribution in [0.2, 0.25) is 0 Å². The molecular weight excluding hydrogens is 248 g/mol. The van der Waals surface area contributed by atoms with Gasteiger partial charge in [-0.1, -0.05) is 33.1 Å². The van der Waals surface area contributed by atoms with E-state index in [0.717, 1.165) is 42.5 Å². The Morgan fingerprint density at radius 1 is 1.30 bits per heavy atom. The lowest BCUT2D eigenvalue weighted by molar-refractivity contribution is 0.312. The van der Waals surface area contributed by atoms with Crippen LogP contribution in [0, 0.1) is 12.8 Å². The highest BCUT2D eigenvalue weighted by molar-refractivity contribution is 5.65. The highest BCUT2D eigenvalue weighted by Crippen LogP contribution is 2.31. The molecule has 4 heteroatoms. The third-order valence-electron chi connectivity index (χ3n) is 4.59. The molecule has 1 saturated carbocycles. The number of hydrogen-bond acceptors (Lipinski definition) is 3. The molecule has 0 saturated heterocycles. The topological polar surface area (TPSA) is 55.9 Å². The van der Waals surface area contributed by atoms with Crippen LogP contribution in [0.1, 0.15) is 64.5 Å². The summed E-state index contributed by atoms with van der Waals surface area (Å²) in [4.78, 5) is 0. The first-order valence-corrected chi connectivity index (χ1v) is 8.26. The highest BCUT2D eigenvalue weighted by Gasteiger charge is 2.24. The van der Waals surface area contributed by atoms with Crippen molar-refractivity contribution in [3.63, 3.8) is 0 Å². The third-order valence-corrected chi connectivity index (χ3v) is 4.59. The van der Waals surface area contributed by atoms with E-state index in [2.05, 4.69) is 28.9 Å². The van der Waals surface area contributed by atoms with Crippen molar-refractivity contribution in [1.82, 2.24) is 9.78 Å². The molecule has 3 N–H and O–H groups in total. The average molecular weight is 278 g/mol. The molecule has 114 valence electrons. The molecule has 1 heterocycles. The molecule has 20 heavy (non-hydrogen) atoms.